The quantitative estimate of drug-likeness (QED) is 0.298. The van der Waals surface area contributed by atoms with Crippen LogP contribution >= 0.6 is 11.8 Å². The van der Waals surface area contributed by atoms with Crippen molar-refractivity contribution in [3.05, 3.63) is 90.0 Å². The van der Waals surface area contributed by atoms with E-state index < -0.39 is 5.82 Å². The van der Waals surface area contributed by atoms with E-state index >= 15 is 0 Å². The number of amides is 1. The van der Waals surface area contributed by atoms with E-state index in [9.17, 15) is 9.18 Å². The predicted molar refractivity (Wildman–Crippen MR) is 134 cm³/mol. The van der Waals surface area contributed by atoms with E-state index in [2.05, 4.69) is 15.5 Å². The number of aromatic nitrogens is 3. The molecule has 1 aromatic heterocycles. The summed E-state index contributed by atoms with van der Waals surface area (Å²) in [7, 11) is 0. The highest BCUT2D eigenvalue weighted by molar-refractivity contribution is 7.99. The Kier molecular flexibility index (Phi) is 7.99. The zero-order chi connectivity index (χ0) is 24.6. The normalized spacial score (nSPS) is 10.7. The number of nitrogens with zero attached hydrogens (tertiary/aromatic N) is 3. The van der Waals surface area contributed by atoms with Crippen LogP contribution in [0.1, 0.15) is 18.3 Å². The van der Waals surface area contributed by atoms with Crippen molar-refractivity contribution in [3.63, 3.8) is 0 Å². The average Bonchev–Trinajstić information content (AvgIpc) is 3.26. The minimum atomic E-state index is -0.412. The summed E-state index contributed by atoms with van der Waals surface area (Å²) in [5.41, 5.74) is 2.32. The van der Waals surface area contributed by atoms with Gasteiger partial charge in [-0.15, -0.1) is 10.2 Å². The fraction of sp³-hybridized carbons (Fsp3) is 0.192. The summed E-state index contributed by atoms with van der Waals surface area (Å²) >= 11 is 1.23. The Balaban J connectivity index is 1.51. The standard InChI is InChI=1S/C26H25FN4O3S/c1-3-33-23-14-18(2)12-13-22(23)34-16-24-29-30-26(31(24)21-10-5-4-6-11-21)35-17-25(32)28-20-9-7-8-19(27)15-20/h4-15H,3,16-17H2,1-2H3,(H,28,32). The third kappa shape index (κ3) is 6.39. The smallest absolute Gasteiger partial charge is 0.234 e. The zero-order valence-corrected chi connectivity index (χ0v) is 20.2. The number of rotatable bonds is 10. The van der Waals surface area contributed by atoms with E-state index in [1.807, 2.05) is 66.9 Å². The summed E-state index contributed by atoms with van der Waals surface area (Å²) < 4.78 is 27.0. The zero-order valence-electron chi connectivity index (χ0n) is 19.4. The number of benzene rings is 3. The highest BCUT2D eigenvalue weighted by Crippen LogP contribution is 2.30. The molecule has 0 spiro atoms. The summed E-state index contributed by atoms with van der Waals surface area (Å²) in [4.78, 5) is 12.4. The van der Waals surface area contributed by atoms with Crippen LogP contribution in [0.4, 0.5) is 10.1 Å². The van der Waals surface area contributed by atoms with E-state index in [1.54, 1.807) is 12.1 Å². The SMILES string of the molecule is CCOc1cc(C)ccc1OCc1nnc(SCC(=O)Nc2cccc(F)c2)n1-c1ccccc1. The van der Waals surface area contributed by atoms with E-state index in [-0.39, 0.29) is 18.3 Å². The molecule has 1 amide bonds. The molecule has 0 radical (unpaired) electrons. The highest BCUT2D eigenvalue weighted by atomic mass is 32.2. The molecule has 0 atom stereocenters. The van der Waals surface area contributed by atoms with Gasteiger partial charge in [-0.05, 0) is 61.9 Å². The van der Waals surface area contributed by atoms with Gasteiger partial charge < -0.3 is 14.8 Å². The van der Waals surface area contributed by atoms with Crippen molar-refractivity contribution in [2.45, 2.75) is 25.6 Å². The molecule has 4 rings (SSSR count). The van der Waals surface area contributed by atoms with Crippen LogP contribution in [-0.2, 0) is 11.4 Å². The second-order valence-corrected chi connectivity index (χ2v) is 8.53. The molecule has 4 aromatic rings. The molecule has 1 heterocycles. The van der Waals surface area contributed by atoms with Crippen molar-refractivity contribution in [1.82, 2.24) is 14.8 Å². The highest BCUT2D eigenvalue weighted by Gasteiger charge is 2.17. The molecule has 0 fully saturated rings. The van der Waals surface area contributed by atoms with Crippen LogP contribution in [0.3, 0.4) is 0 Å². The van der Waals surface area contributed by atoms with Crippen LogP contribution in [0.15, 0.2) is 78.0 Å². The Morgan fingerprint density at radius 1 is 1.00 bits per heavy atom. The number of thioether (sulfide) groups is 1. The van der Waals surface area contributed by atoms with Gasteiger partial charge in [0.2, 0.25) is 5.91 Å². The van der Waals surface area contributed by atoms with Gasteiger partial charge in [-0.2, -0.15) is 0 Å². The first-order valence-electron chi connectivity index (χ1n) is 11.1. The van der Waals surface area contributed by atoms with Gasteiger partial charge in [-0.25, -0.2) is 4.39 Å². The molecule has 180 valence electrons. The van der Waals surface area contributed by atoms with Gasteiger partial charge in [0.1, 0.15) is 12.4 Å². The Labute approximate surface area is 207 Å². The van der Waals surface area contributed by atoms with Crippen LogP contribution < -0.4 is 14.8 Å². The lowest BCUT2D eigenvalue weighted by Crippen LogP contribution is -2.15. The monoisotopic (exact) mass is 492 g/mol. The molecule has 0 aliphatic heterocycles. The van der Waals surface area contributed by atoms with Crippen LogP contribution in [0.25, 0.3) is 5.69 Å². The first-order chi connectivity index (χ1) is 17.0. The number of nitrogens with one attached hydrogen (secondary N) is 1. The Morgan fingerprint density at radius 3 is 2.60 bits per heavy atom. The molecular formula is C26H25FN4O3S. The van der Waals surface area contributed by atoms with Gasteiger partial charge >= 0.3 is 0 Å². The number of para-hydroxylation sites is 1. The number of hydrogen-bond acceptors (Lipinski definition) is 6. The lowest BCUT2D eigenvalue weighted by molar-refractivity contribution is -0.113. The van der Waals surface area contributed by atoms with E-state index in [0.29, 0.717) is 34.8 Å². The molecule has 9 heteroatoms. The van der Waals surface area contributed by atoms with Gasteiger partial charge in [0.15, 0.2) is 22.5 Å². The molecule has 1 N–H and O–H groups in total. The number of carbonyl (C=O) groups is 1. The number of anilines is 1. The summed E-state index contributed by atoms with van der Waals surface area (Å²) in [6, 6.07) is 21.1. The van der Waals surface area contributed by atoms with Crippen LogP contribution in [0, 0.1) is 12.7 Å². The van der Waals surface area contributed by atoms with Crippen molar-refractivity contribution in [1.29, 1.82) is 0 Å². The minimum Gasteiger partial charge on any atom is -0.490 e. The maximum absolute atomic E-state index is 13.4. The molecule has 0 aliphatic carbocycles. The summed E-state index contributed by atoms with van der Waals surface area (Å²) in [5, 5.41) is 11.8. The molecule has 0 saturated heterocycles. The lowest BCUT2D eigenvalue weighted by atomic mass is 10.2. The Bertz CT molecular complexity index is 1300. The fourth-order valence-corrected chi connectivity index (χ4v) is 4.13. The summed E-state index contributed by atoms with van der Waals surface area (Å²) in [6.07, 6.45) is 0. The largest absolute Gasteiger partial charge is 0.490 e. The number of halogens is 1. The second-order valence-electron chi connectivity index (χ2n) is 7.59. The first-order valence-corrected chi connectivity index (χ1v) is 12.1. The summed E-state index contributed by atoms with van der Waals surface area (Å²) in [6.45, 7) is 4.60. The van der Waals surface area contributed by atoms with Crippen molar-refractivity contribution < 1.29 is 18.7 Å². The lowest BCUT2D eigenvalue weighted by Gasteiger charge is -2.14. The van der Waals surface area contributed by atoms with E-state index in [0.717, 1.165) is 11.3 Å². The molecule has 0 bridgehead atoms. The van der Waals surface area contributed by atoms with Crippen LogP contribution in [0.5, 0.6) is 11.5 Å². The van der Waals surface area contributed by atoms with Gasteiger partial charge in [0, 0.05) is 11.4 Å². The van der Waals surface area contributed by atoms with Crippen LogP contribution in [0.2, 0.25) is 0 Å². The Hall–Kier alpha value is -3.85. The number of aryl methyl sites for hydroxylation is 1. The van der Waals surface area contributed by atoms with Gasteiger partial charge in [0.25, 0.3) is 0 Å². The fourth-order valence-electron chi connectivity index (χ4n) is 3.36. The topological polar surface area (TPSA) is 78.3 Å². The summed E-state index contributed by atoms with van der Waals surface area (Å²) in [5.74, 6) is 1.25. The maximum atomic E-state index is 13.4. The van der Waals surface area contributed by atoms with E-state index in [1.165, 1.54) is 23.9 Å². The number of ether oxygens (including phenoxy) is 2. The molecular weight excluding hydrogens is 467 g/mol. The van der Waals surface area contributed by atoms with Crippen molar-refractivity contribution >= 4 is 23.4 Å². The van der Waals surface area contributed by atoms with E-state index in [4.69, 9.17) is 9.47 Å². The van der Waals surface area contributed by atoms with Crippen molar-refractivity contribution in [3.8, 4) is 17.2 Å². The number of carbonyl (C=O) groups excluding carboxylic acids is 1. The minimum absolute atomic E-state index is 0.0782. The second kappa shape index (κ2) is 11.5. The number of hydrogen-bond donors (Lipinski definition) is 1. The molecule has 0 saturated carbocycles. The van der Waals surface area contributed by atoms with Crippen LogP contribution in [-0.4, -0.2) is 33.0 Å². The maximum Gasteiger partial charge on any atom is 0.234 e. The first kappa shape index (κ1) is 24.3. The molecule has 0 aliphatic rings. The molecule has 35 heavy (non-hydrogen) atoms. The van der Waals surface area contributed by atoms with Crippen molar-refractivity contribution in [2.24, 2.45) is 0 Å². The predicted octanol–water partition coefficient (Wildman–Crippen LogP) is 5.42. The van der Waals surface area contributed by atoms with Gasteiger partial charge in [-0.3, -0.25) is 9.36 Å². The third-order valence-corrected chi connectivity index (χ3v) is 5.84. The molecule has 3 aromatic carbocycles. The van der Waals surface area contributed by atoms with Crippen molar-refractivity contribution in [2.75, 3.05) is 17.7 Å². The molecule has 0 unspecified atom stereocenters. The van der Waals surface area contributed by atoms with Gasteiger partial charge in [-0.1, -0.05) is 42.1 Å². The average molecular weight is 493 g/mol. The molecule has 7 nitrogen and oxygen atoms in total. The Morgan fingerprint density at radius 2 is 1.83 bits per heavy atom. The van der Waals surface area contributed by atoms with Gasteiger partial charge in [0.05, 0.1) is 12.4 Å². The third-order valence-electron chi connectivity index (χ3n) is 4.91.